The highest BCUT2D eigenvalue weighted by molar-refractivity contribution is 5.91. The van der Waals surface area contributed by atoms with Gasteiger partial charge in [-0.15, -0.1) is 0 Å². The zero-order valence-corrected chi connectivity index (χ0v) is 18.6. The van der Waals surface area contributed by atoms with Gasteiger partial charge in [0.15, 0.2) is 0 Å². The average molecular weight is 432 g/mol. The lowest BCUT2D eigenvalue weighted by atomic mass is 9.91. The number of carbonyl (C=O) groups excluding carboxylic acids is 2. The summed E-state index contributed by atoms with van der Waals surface area (Å²) in [7, 11) is 0. The van der Waals surface area contributed by atoms with Crippen molar-refractivity contribution in [2.24, 2.45) is 5.92 Å². The van der Waals surface area contributed by atoms with Gasteiger partial charge in [0.2, 0.25) is 11.7 Å². The first kappa shape index (κ1) is 21.7. The standard InChI is InChI=1S/C25H29N5O2/c1-3-12-29-13-14-30(25(32)23-26-17-27-28-23)16-21(24(29)31)15-20-6-4-5-7-22(20)19-10-8-18(2)9-11-19/h4-11,17,21H,3,12-16H2,1-2H3,(H,26,27,28). The normalized spacial score (nSPS) is 16.8. The molecule has 1 atom stereocenters. The molecule has 32 heavy (non-hydrogen) atoms. The van der Waals surface area contributed by atoms with Gasteiger partial charge in [-0.2, -0.15) is 5.10 Å². The summed E-state index contributed by atoms with van der Waals surface area (Å²) in [6, 6.07) is 16.7. The van der Waals surface area contributed by atoms with Crippen molar-refractivity contribution in [3.63, 3.8) is 0 Å². The fraction of sp³-hybridized carbons (Fsp3) is 0.360. The molecule has 0 saturated carbocycles. The van der Waals surface area contributed by atoms with E-state index in [1.54, 1.807) is 4.90 Å². The molecule has 1 fully saturated rings. The molecule has 7 nitrogen and oxygen atoms in total. The van der Waals surface area contributed by atoms with Crippen molar-refractivity contribution in [3.05, 3.63) is 71.8 Å². The summed E-state index contributed by atoms with van der Waals surface area (Å²) in [6.45, 7) is 6.21. The van der Waals surface area contributed by atoms with Crippen LogP contribution in [0.25, 0.3) is 11.1 Å². The Morgan fingerprint density at radius 3 is 2.62 bits per heavy atom. The largest absolute Gasteiger partial charge is 0.341 e. The van der Waals surface area contributed by atoms with Crippen LogP contribution in [-0.4, -0.2) is 63.0 Å². The Balaban J connectivity index is 1.63. The number of aryl methyl sites for hydroxylation is 1. The van der Waals surface area contributed by atoms with E-state index in [4.69, 9.17) is 0 Å². The van der Waals surface area contributed by atoms with E-state index in [1.807, 2.05) is 17.0 Å². The molecule has 1 aliphatic heterocycles. The summed E-state index contributed by atoms with van der Waals surface area (Å²) in [4.78, 5) is 34.0. The Kier molecular flexibility index (Phi) is 6.63. The number of nitrogens with one attached hydrogen (secondary N) is 1. The zero-order chi connectivity index (χ0) is 22.5. The predicted molar refractivity (Wildman–Crippen MR) is 123 cm³/mol. The molecule has 2 aromatic carbocycles. The molecule has 1 aromatic heterocycles. The van der Waals surface area contributed by atoms with Crippen molar-refractivity contribution in [1.82, 2.24) is 25.0 Å². The van der Waals surface area contributed by atoms with Gasteiger partial charge in [0.1, 0.15) is 6.33 Å². The summed E-state index contributed by atoms with van der Waals surface area (Å²) < 4.78 is 0. The number of aromatic nitrogens is 3. The molecule has 2 amide bonds. The minimum atomic E-state index is -0.317. The van der Waals surface area contributed by atoms with Crippen molar-refractivity contribution in [1.29, 1.82) is 0 Å². The van der Waals surface area contributed by atoms with Gasteiger partial charge in [0.25, 0.3) is 5.91 Å². The number of aromatic amines is 1. The molecule has 1 unspecified atom stereocenters. The maximum absolute atomic E-state index is 13.4. The molecule has 7 heteroatoms. The third-order valence-electron chi connectivity index (χ3n) is 5.99. The Labute approximate surface area is 188 Å². The van der Waals surface area contributed by atoms with Crippen molar-refractivity contribution in [3.8, 4) is 11.1 Å². The number of rotatable bonds is 6. The van der Waals surface area contributed by atoms with E-state index in [0.717, 1.165) is 23.1 Å². The second-order valence-corrected chi connectivity index (χ2v) is 8.33. The molecule has 3 aromatic rings. The number of nitrogens with zero attached hydrogens (tertiary/aromatic N) is 4. The maximum Gasteiger partial charge on any atom is 0.291 e. The molecule has 4 rings (SSSR count). The highest BCUT2D eigenvalue weighted by atomic mass is 16.2. The Bertz CT molecular complexity index is 1060. The van der Waals surface area contributed by atoms with Crippen LogP contribution in [0.1, 0.15) is 35.1 Å². The van der Waals surface area contributed by atoms with E-state index >= 15 is 0 Å². The predicted octanol–water partition coefficient (Wildman–Crippen LogP) is 3.33. The molecular formula is C25H29N5O2. The lowest BCUT2D eigenvalue weighted by molar-refractivity contribution is -0.134. The summed E-state index contributed by atoms with van der Waals surface area (Å²) in [6.07, 6.45) is 2.78. The second kappa shape index (κ2) is 9.77. The third kappa shape index (κ3) is 4.72. The van der Waals surface area contributed by atoms with E-state index < -0.39 is 0 Å². The lowest BCUT2D eigenvalue weighted by Gasteiger charge is -2.24. The summed E-state index contributed by atoms with van der Waals surface area (Å²) in [5, 5.41) is 6.45. The molecule has 1 N–H and O–H groups in total. The van der Waals surface area contributed by atoms with Crippen LogP contribution in [0.3, 0.4) is 0 Å². The molecule has 0 bridgehead atoms. The second-order valence-electron chi connectivity index (χ2n) is 8.33. The number of H-pyrrole nitrogens is 1. The van der Waals surface area contributed by atoms with E-state index in [2.05, 4.69) is 65.4 Å². The molecule has 166 valence electrons. The topological polar surface area (TPSA) is 82.2 Å². The van der Waals surface area contributed by atoms with Crippen molar-refractivity contribution in [2.75, 3.05) is 26.2 Å². The monoisotopic (exact) mass is 431 g/mol. The van der Waals surface area contributed by atoms with Crippen molar-refractivity contribution in [2.45, 2.75) is 26.7 Å². The van der Waals surface area contributed by atoms with Crippen LogP contribution >= 0.6 is 0 Å². The maximum atomic E-state index is 13.4. The summed E-state index contributed by atoms with van der Waals surface area (Å²) >= 11 is 0. The van der Waals surface area contributed by atoms with Crippen LogP contribution in [-0.2, 0) is 11.2 Å². The molecular weight excluding hydrogens is 402 g/mol. The highest BCUT2D eigenvalue weighted by Gasteiger charge is 2.33. The van der Waals surface area contributed by atoms with Crippen LogP contribution in [0.5, 0.6) is 0 Å². The number of carbonyl (C=O) groups is 2. The van der Waals surface area contributed by atoms with Gasteiger partial charge in [0.05, 0.1) is 5.92 Å². The molecule has 0 aliphatic carbocycles. The van der Waals surface area contributed by atoms with E-state index in [9.17, 15) is 9.59 Å². The van der Waals surface area contributed by atoms with Gasteiger partial charge in [-0.25, -0.2) is 4.98 Å². The molecule has 1 saturated heterocycles. The zero-order valence-electron chi connectivity index (χ0n) is 18.6. The van der Waals surface area contributed by atoms with Crippen LogP contribution in [0.2, 0.25) is 0 Å². The van der Waals surface area contributed by atoms with Crippen LogP contribution in [0.15, 0.2) is 54.9 Å². The fourth-order valence-corrected chi connectivity index (χ4v) is 4.31. The quantitative estimate of drug-likeness (QED) is 0.649. The van der Waals surface area contributed by atoms with Gasteiger partial charge < -0.3 is 9.80 Å². The van der Waals surface area contributed by atoms with Crippen LogP contribution in [0.4, 0.5) is 0 Å². The Morgan fingerprint density at radius 1 is 1.12 bits per heavy atom. The molecule has 2 heterocycles. The SMILES string of the molecule is CCCN1CCN(C(=O)c2ncn[nH]2)CC(Cc2ccccc2-c2ccc(C)cc2)C1=O. The minimum absolute atomic E-state index is 0.110. The third-order valence-corrected chi connectivity index (χ3v) is 5.99. The Hall–Kier alpha value is -3.48. The molecule has 0 radical (unpaired) electrons. The van der Waals surface area contributed by atoms with E-state index in [0.29, 0.717) is 32.6 Å². The number of hydrogen-bond acceptors (Lipinski definition) is 4. The van der Waals surface area contributed by atoms with Gasteiger partial charge in [-0.3, -0.25) is 14.7 Å². The van der Waals surface area contributed by atoms with Gasteiger partial charge in [-0.1, -0.05) is 61.0 Å². The average Bonchev–Trinajstić information content (AvgIpc) is 3.30. The van der Waals surface area contributed by atoms with E-state index in [-0.39, 0.29) is 23.6 Å². The first-order chi connectivity index (χ1) is 15.6. The molecule has 1 aliphatic rings. The fourth-order valence-electron chi connectivity index (χ4n) is 4.31. The van der Waals surface area contributed by atoms with Crippen LogP contribution in [0, 0.1) is 12.8 Å². The van der Waals surface area contributed by atoms with Crippen LogP contribution < -0.4 is 0 Å². The van der Waals surface area contributed by atoms with E-state index in [1.165, 1.54) is 11.9 Å². The van der Waals surface area contributed by atoms with Gasteiger partial charge in [0, 0.05) is 26.2 Å². The number of hydrogen-bond donors (Lipinski definition) is 1. The van der Waals surface area contributed by atoms with Crippen molar-refractivity contribution < 1.29 is 9.59 Å². The number of benzene rings is 2. The van der Waals surface area contributed by atoms with Gasteiger partial charge >= 0.3 is 0 Å². The number of amides is 2. The first-order valence-corrected chi connectivity index (χ1v) is 11.1. The molecule has 0 spiro atoms. The smallest absolute Gasteiger partial charge is 0.291 e. The van der Waals surface area contributed by atoms with Crippen molar-refractivity contribution >= 4 is 11.8 Å². The summed E-state index contributed by atoms with van der Waals surface area (Å²) in [5.74, 6) is -0.216. The van der Waals surface area contributed by atoms with Gasteiger partial charge in [-0.05, 0) is 36.5 Å². The first-order valence-electron chi connectivity index (χ1n) is 11.1. The minimum Gasteiger partial charge on any atom is -0.341 e. The highest BCUT2D eigenvalue weighted by Crippen LogP contribution is 2.28. The Morgan fingerprint density at radius 2 is 1.91 bits per heavy atom. The summed E-state index contributed by atoms with van der Waals surface area (Å²) in [5.41, 5.74) is 4.58. The lowest BCUT2D eigenvalue weighted by Crippen LogP contribution is -2.38.